The minimum atomic E-state index is 0.320. The zero-order valence-electron chi connectivity index (χ0n) is 10.4. The van der Waals surface area contributed by atoms with Crippen LogP contribution in [0.5, 0.6) is 0 Å². The van der Waals surface area contributed by atoms with Gasteiger partial charge in [0.15, 0.2) is 0 Å². The Morgan fingerprint density at radius 2 is 2.25 bits per heavy atom. The Kier molecular flexibility index (Phi) is 3.66. The van der Waals surface area contributed by atoms with Crippen molar-refractivity contribution in [3.05, 3.63) is 24.2 Å². The van der Waals surface area contributed by atoms with Crippen LogP contribution < -0.4 is 5.32 Å². The van der Waals surface area contributed by atoms with E-state index in [1.54, 1.807) is 6.26 Å². The molecule has 0 bridgehead atoms. The molecule has 2 rings (SSSR count). The summed E-state index contributed by atoms with van der Waals surface area (Å²) in [7, 11) is 4.34. The van der Waals surface area contributed by atoms with Crippen LogP contribution in [0.15, 0.2) is 22.8 Å². The van der Waals surface area contributed by atoms with Gasteiger partial charge in [-0.05, 0) is 52.4 Å². The molecule has 0 amide bonds. The first-order chi connectivity index (χ1) is 7.66. The molecule has 3 unspecified atom stereocenters. The lowest BCUT2D eigenvalue weighted by Gasteiger charge is -2.21. The number of rotatable bonds is 4. The topological polar surface area (TPSA) is 28.4 Å². The molecular formula is C13H22N2O. The van der Waals surface area contributed by atoms with Crippen molar-refractivity contribution in [2.75, 3.05) is 14.1 Å². The third-order valence-corrected chi connectivity index (χ3v) is 3.59. The zero-order chi connectivity index (χ0) is 11.5. The van der Waals surface area contributed by atoms with Crippen LogP contribution in [0, 0.1) is 0 Å². The standard InChI is InChI=1S/C13H22N2O/c1-10(13-5-4-8-16-13)14-11-6-7-12(9-11)15(2)3/h4-5,8,10-12,14H,6-7,9H2,1-3H3. The fourth-order valence-electron chi connectivity index (χ4n) is 2.55. The van der Waals surface area contributed by atoms with Crippen molar-refractivity contribution in [1.82, 2.24) is 10.2 Å². The summed E-state index contributed by atoms with van der Waals surface area (Å²) in [6, 6.07) is 5.68. The van der Waals surface area contributed by atoms with Gasteiger partial charge in [0.05, 0.1) is 12.3 Å². The highest BCUT2D eigenvalue weighted by atomic mass is 16.3. The van der Waals surface area contributed by atoms with Crippen molar-refractivity contribution in [1.29, 1.82) is 0 Å². The van der Waals surface area contributed by atoms with E-state index in [1.807, 2.05) is 12.1 Å². The maximum atomic E-state index is 5.41. The summed E-state index contributed by atoms with van der Waals surface area (Å²) in [6.07, 6.45) is 5.56. The van der Waals surface area contributed by atoms with Crippen molar-refractivity contribution in [3.63, 3.8) is 0 Å². The fourth-order valence-corrected chi connectivity index (χ4v) is 2.55. The second-order valence-electron chi connectivity index (χ2n) is 5.03. The van der Waals surface area contributed by atoms with Crippen molar-refractivity contribution in [3.8, 4) is 0 Å². The molecule has 1 aliphatic carbocycles. The van der Waals surface area contributed by atoms with Crippen LogP contribution in [0.25, 0.3) is 0 Å². The molecule has 1 aliphatic rings. The quantitative estimate of drug-likeness (QED) is 0.848. The molecule has 0 saturated heterocycles. The Morgan fingerprint density at radius 1 is 1.44 bits per heavy atom. The van der Waals surface area contributed by atoms with Crippen molar-refractivity contribution < 1.29 is 4.42 Å². The summed E-state index contributed by atoms with van der Waals surface area (Å²) in [4.78, 5) is 2.33. The highest BCUT2D eigenvalue weighted by Gasteiger charge is 2.27. The van der Waals surface area contributed by atoms with Gasteiger partial charge in [0.1, 0.15) is 5.76 Å². The van der Waals surface area contributed by atoms with Crippen molar-refractivity contribution in [2.24, 2.45) is 0 Å². The molecule has 1 saturated carbocycles. The molecular weight excluding hydrogens is 200 g/mol. The molecule has 0 spiro atoms. The van der Waals surface area contributed by atoms with E-state index >= 15 is 0 Å². The molecule has 90 valence electrons. The van der Waals surface area contributed by atoms with Crippen LogP contribution in [0.1, 0.15) is 38.0 Å². The van der Waals surface area contributed by atoms with E-state index in [-0.39, 0.29) is 0 Å². The molecule has 0 aliphatic heterocycles. The SMILES string of the molecule is CC(NC1CCC(N(C)C)C1)c1ccco1. The summed E-state index contributed by atoms with van der Waals surface area (Å²) < 4.78 is 5.41. The maximum Gasteiger partial charge on any atom is 0.120 e. The van der Waals surface area contributed by atoms with Gasteiger partial charge in [0.25, 0.3) is 0 Å². The first-order valence-electron chi connectivity index (χ1n) is 6.12. The molecule has 3 atom stereocenters. The molecule has 1 aromatic heterocycles. The largest absolute Gasteiger partial charge is 0.468 e. The first kappa shape index (κ1) is 11.7. The second-order valence-corrected chi connectivity index (χ2v) is 5.03. The Hall–Kier alpha value is -0.800. The summed E-state index contributed by atoms with van der Waals surface area (Å²) >= 11 is 0. The van der Waals surface area contributed by atoms with Gasteiger partial charge in [-0.3, -0.25) is 0 Å². The Morgan fingerprint density at radius 3 is 2.81 bits per heavy atom. The molecule has 3 nitrogen and oxygen atoms in total. The van der Waals surface area contributed by atoms with E-state index < -0.39 is 0 Å². The van der Waals surface area contributed by atoms with E-state index in [9.17, 15) is 0 Å². The van der Waals surface area contributed by atoms with Crippen LogP contribution in [0.4, 0.5) is 0 Å². The Labute approximate surface area is 97.8 Å². The van der Waals surface area contributed by atoms with Gasteiger partial charge >= 0.3 is 0 Å². The van der Waals surface area contributed by atoms with Crippen LogP contribution in [0.3, 0.4) is 0 Å². The Bertz CT molecular complexity index is 308. The molecule has 3 heteroatoms. The van der Waals surface area contributed by atoms with Crippen molar-refractivity contribution >= 4 is 0 Å². The van der Waals surface area contributed by atoms with Gasteiger partial charge in [0, 0.05) is 12.1 Å². The zero-order valence-corrected chi connectivity index (χ0v) is 10.4. The lowest BCUT2D eigenvalue weighted by atomic mass is 10.2. The predicted octanol–water partition coefficient (Wildman–Crippen LogP) is 2.41. The van der Waals surface area contributed by atoms with Crippen LogP contribution >= 0.6 is 0 Å². The predicted molar refractivity (Wildman–Crippen MR) is 65.4 cm³/mol. The van der Waals surface area contributed by atoms with Crippen LogP contribution in [-0.4, -0.2) is 31.1 Å². The number of hydrogen-bond donors (Lipinski definition) is 1. The summed E-state index contributed by atoms with van der Waals surface area (Å²) in [5.74, 6) is 1.04. The van der Waals surface area contributed by atoms with E-state index in [0.717, 1.165) is 11.8 Å². The average Bonchev–Trinajstić information content (AvgIpc) is 2.87. The monoisotopic (exact) mass is 222 g/mol. The number of furan rings is 1. The average molecular weight is 222 g/mol. The Balaban J connectivity index is 1.83. The first-order valence-corrected chi connectivity index (χ1v) is 6.12. The second kappa shape index (κ2) is 5.02. The minimum Gasteiger partial charge on any atom is -0.468 e. The molecule has 0 aromatic carbocycles. The fraction of sp³-hybridized carbons (Fsp3) is 0.692. The molecule has 1 aromatic rings. The van der Waals surface area contributed by atoms with E-state index in [4.69, 9.17) is 4.42 Å². The summed E-state index contributed by atoms with van der Waals surface area (Å²) in [5, 5.41) is 3.65. The highest BCUT2D eigenvalue weighted by molar-refractivity contribution is 5.04. The molecule has 1 heterocycles. The summed E-state index contributed by atoms with van der Waals surface area (Å²) in [5.41, 5.74) is 0. The lowest BCUT2D eigenvalue weighted by molar-refractivity contribution is 0.289. The third kappa shape index (κ3) is 2.66. The molecule has 1 fully saturated rings. The van der Waals surface area contributed by atoms with Crippen LogP contribution in [0.2, 0.25) is 0 Å². The third-order valence-electron chi connectivity index (χ3n) is 3.59. The molecule has 1 N–H and O–H groups in total. The number of nitrogens with one attached hydrogen (secondary N) is 1. The van der Waals surface area contributed by atoms with Gasteiger partial charge in [0.2, 0.25) is 0 Å². The normalized spacial score (nSPS) is 27.5. The lowest BCUT2D eigenvalue weighted by Crippen LogP contribution is -2.32. The van der Waals surface area contributed by atoms with Crippen LogP contribution in [-0.2, 0) is 0 Å². The summed E-state index contributed by atoms with van der Waals surface area (Å²) in [6.45, 7) is 2.17. The van der Waals surface area contributed by atoms with Gasteiger partial charge < -0.3 is 14.6 Å². The minimum absolute atomic E-state index is 0.320. The molecule has 16 heavy (non-hydrogen) atoms. The van der Waals surface area contributed by atoms with Gasteiger partial charge in [-0.15, -0.1) is 0 Å². The molecule has 0 radical (unpaired) electrons. The maximum absolute atomic E-state index is 5.41. The van der Waals surface area contributed by atoms with Gasteiger partial charge in [-0.1, -0.05) is 0 Å². The van der Waals surface area contributed by atoms with Gasteiger partial charge in [-0.2, -0.15) is 0 Å². The number of nitrogens with zero attached hydrogens (tertiary/aromatic N) is 1. The van der Waals surface area contributed by atoms with E-state index in [2.05, 4.69) is 31.2 Å². The van der Waals surface area contributed by atoms with E-state index in [1.165, 1.54) is 19.3 Å². The van der Waals surface area contributed by atoms with E-state index in [0.29, 0.717) is 12.1 Å². The smallest absolute Gasteiger partial charge is 0.120 e. The number of hydrogen-bond acceptors (Lipinski definition) is 3. The highest BCUT2D eigenvalue weighted by Crippen LogP contribution is 2.25. The van der Waals surface area contributed by atoms with Crippen molar-refractivity contribution in [2.45, 2.75) is 44.3 Å². The van der Waals surface area contributed by atoms with Gasteiger partial charge in [-0.25, -0.2) is 0 Å².